The first-order chi connectivity index (χ1) is 9.35. The summed E-state index contributed by atoms with van der Waals surface area (Å²) in [4.78, 5) is 4.56. The van der Waals surface area contributed by atoms with Crippen LogP contribution in [-0.2, 0) is 0 Å². The van der Waals surface area contributed by atoms with E-state index in [1.54, 1.807) is 11.8 Å². The van der Waals surface area contributed by atoms with Gasteiger partial charge in [0, 0.05) is 5.75 Å². The fourth-order valence-corrected chi connectivity index (χ4v) is 2.65. The SMILES string of the molecule is CCOc1ccc(C2=NNC(=NC3CC3)SC2)cc1. The summed E-state index contributed by atoms with van der Waals surface area (Å²) in [5.74, 6) is 1.77. The Labute approximate surface area is 117 Å². The summed E-state index contributed by atoms with van der Waals surface area (Å²) in [7, 11) is 0. The van der Waals surface area contributed by atoms with E-state index in [1.807, 2.05) is 19.1 Å². The maximum atomic E-state index is 5.44. The van der Waals surface area contributed by atoms with Gasteiger partial charge in [0.2, 0.25) is 0 Å². The minimum absolute atomic E-state index is 0.539. The summed E-state index contributed by atoms with van der Waals surface area (Å²) >= 11 is 1.73. The zero-order valence-corrected chi connectivity index (χ0v) is 11.7. The van der Waals surface area contributed by atoms with Crippen molar-refractivity contribution in [3.05, 3.63) is 29.8 Å². The molecule has 1 aromatic rings. The highest BCUT2D eigenvalue weighted by Gasteiger charge is 2.22. The molecule has 1 aliphatic carbocycles. The Morgan fingerprint density at radius 2 is 2.16 bits per heavy atom. The van der Waals surface area contributed by atoms with Gasteiger partial charge in [-0.3, -0.25) is 10.4 Å². The third-order valence-corrected chi connectivity index (χ3v) is 3.87. The Morgan fingerprint density at radius 1 is 1.37 bits per heavy atom. The van der Waals surface area contributed by atoms with E-state index in [4.69, 9.17) is 4.74 Å². The van der Waals surface area contributed by atoms with Crippen LogP contribution in [0.4, 0.5) is 0 Å². The number of nitrogens with zero attached hydrogens (tertiary/aromatic N) is 2. The van der Waals surface area contributed by atoms with E-state index in [0.29, 0.717) is 12.6 Å². The fraction of sp³-hybridized carbons (Fsp3) is 0.429. The number of thioether (sulfide) groups is 1. The van der Waals surface area contributed by atoms with Gasteiger partial charge < -0.3 is 4.74 Å². The molecular weight excluding hydrogens is 258 g/mol. The van der Waals surface area contributed by atoms with E-state index >= 15 is 0 Å². The molecule has 0 amide bonds. The lowest BCUT2D eigenvalue weighted by Crippen LogP contribution is -2.25. The van der Waals surface area contributed by atoms with Gasteiger partial charge in [-0.05, 0) is 49.6 Å². The molecule has 1 heterocycles. The van der Waals surface area contributed by atoms with Crippen molar-refractivity contribution in [2.75, 3.05) is 12.4 Å². The number of benzene rings is 1. The van der Waals surface area contributed by atoms with Crippen LogP contribution in [0.2, 0.25) is 0 Å². The molecule has 2 aliphatic rings. The smallest absolute Gasteiger partial charge is 0.177 e. The zero-order valence-electron chi connectivity index (χ0n) is 10.9. The van der Waals surface area contributed by atoms with Crippen molar-refractivity contribution in [1.29, 1.82) is 0 Å². The lowest BCUT2D eigenvalue weighted by molar-refractivity contribution is 0.340. The third kappa shape index (κ3) is 3.29. The van der Waals surface area contributed by atoms with Gasteiger partial charge in [0.1, 0.15) is 5.75 Å². The second-order valence-electron chi connectivity index (χ2n) is 4.58. The number of nitrogens with one attached hydrogen (secondary N) is 1. The second kappa shape index (κ2) is 5.65. The number of rotatable bonds is 4. The van der Waals surface area contributed by atoms with Crippen molar-refractivity contribution in [2.45, 2.75) is 25.8 Å². The van der Waals surface area contributed by atoms with Crippen molar-refractivity contribution in [3.63, 3.8) is 0 Å². The number of ether oxygens (including phenoxy) is 1. The normalized spacial score (nSPS) is 20.9. The Kier molecular flexibility index (Phi) is 3.73. The lowest BCUT2D eigenvalue weighted by Gasteiger charge is -2.15. The number of hydrazone groups is 1. The van der Waals surface area contributed by atoms with Crippen LogP contribution in [0.1, 0.15) is 25.3 Å². The van der Waals surface area contributed by atoms with Gasteiger partial charge in [-0.2, -0.15) is 5.10 Å². The summed E-state index contributed by atoms with van der Waals surface area (Å²) in [5.41, 5.74) is 5.24. The first kappa shape index (κ1) is 12.5. The molecule has 0 radical (unpaired) electrons. The number of hydrogen-bond donors (Lipinski definition) is 1. The molecule has 0 saturated heterocycles. The third-order valence-electron chi connectivity index (χ3n) is 2.98. The summed E-state index contributed by atoms with van der Waals surface area (Å²) < 4.78 is 5.44. The molecule has 0 unspecified atom stereocenters. The highest BCUT2D eigenvalue weighted by atomic mass is 32.2. The topological polar surface area (TPSA) is 46.0 Å². The zero-order chi connectivity index (χ0) is 13.1. The Morgan fingerprint density at radius 3 is 2.74 bits per heavy atom. The van der Waals surface area contributed by atoms with Crippen LogP contribution in [0.25, 0.3) is 0 Å². The van der Waals surface area contributed by atoms with E-state index < -0.39 is 0 Å². The highest BCUT2D eigenvalue weighted by Crippen LogP contribution is 2.25. The van der Waals surface area contributed by atoms with Crippen molar-refractivity contribution >= 4 is 22.6 Å². The van der Waals surface area contributed by atoms with Crippen LogP contribution < -0.4 is 10.2 Å². The highest BCUT2D eigenvalue weighted by molar-refractivity contribution is 8.14. The quantitative estimate of drug-likeness (QED) is 0.919. The Hall–Kier alpha value is -1.49. The van der Waals surface area contributed by atoms with Crippen LogP contribution in [0.15, 0.2) is 34.4 Å². The number of hydrogen-bond acceptors (Lipinski definition) is 4. The maximum Gasteiger partial charge on any atom is 0.177 e. The van der Waals surface area contributed by atoms with Crippen LogP contribution in [0.3, 0.4) is 0 Å². The predicted octanol–water partition coefficient (Wildman–Crippen LogP) is 2.64. The van der Waals surface area contributed by atoms with Crippen LogP contribution in [-0.4, -0.2) is 29.3 Å². The number of amidine groups is 1. The Bertz CT molecular complexity index is 506. The molecule has 4 nitrogen and oxygen atoms in total. The predicted molar refractivity (Wildman–Crippen MR) is 80.2 cm³/mol. The average Bonchev–Trinajstić information content (AvgIpc) is 3.25. The monoisotopic (exact) mass is 275 g/mol. The molecule has 1 N–H and O–H groups in total. The summed E-state index contributed by atoms with van der Waals surface area (Å²) in [6, 6.07) is 8.61. The molecular formula is C14H17N3OS. The summed E-state index contributed by atoms with van der Waals surface area (Å²) in [6.45, 7) is 2.68. The maximum absolute atomic E-state index is 5.44. The number of aliphatic imine (C=N–C) groups is 1. The van der Waals surface area contributed by atoms with E-state index in [9.17, 15) is 0 Å². The molecule has 0 aromatic heterocycles. The first-order valence-corrected chi connectivity index (χ1v) is 7.60. The van der Waals surface area contributed by atoms with Gasteiger partial charge in [-0.25, -0.2) is 0 Å². The van der Waals surface area contributed by atoms with E-state index in [1.165, 1.54) is 12.8 Å². The molecule has 1 aromatic carbocycles. The first-order valence-electron chi connectivity index (χ1n) is 6.61. The lowest BCUT2D eigenvalue weighted by atomic mass is 10.1. The van der Waals surface area contributed by atoms with Gasteiger partial charge in [0.25, 0.3) is 0 Å². The minimum Gasteiger partial charge on any atom is -0.494 e. The van der Waals surface area contributed by atoms with Crippen LogP contribution in [0, 0.1) is 0 Å². The van der Waals surface area contributed by atoms with Crippen molar-refractivity contribution in [1.82, 2.24) is 5.43 Å². The minimum atomic E-state index is 0.539. The van der Waals surface area contributed by atoms with E-state index in [-0.39, 0.29) is 0 Å². The molecule has 100 valence electrons. The van der Waals surface area contributed by atoms with Gasteiger partial charge in [-0.15, -0.1) is 0 Å². The van der Waals surface area contributed by atoms with Gasteiger partial charge in [-0.1, -0.05) is 11.8 Å². The molecule has 3 rings (SSSR count). The van der Waals surface area contributed by atoms with Crippen LogP contribution in [0.5, 0.6) is 5.75 Å². The van der Waals surface area contributed by atoms with Crippen molar-refractivity contribution in [2.24, 2.45) is 10.1 Å². The molecule has 19 heavy (non-hydrogen) atoms. The standard InChI is InChI=1S/C14H17N3OS/c1-2-18-12-7-3-10(4-8-12)13-9-19-14(17-16-13)15-11-5-6-11/h3-4,7-8,11H,2,5-6,9H2,1H3,(H,15,17). The molecule has 0 bridgehead atoms. The van der Waals surface area contributed by atoms with E-state index in [2.05, 4.69) is 27.7 Å². The van der Waals surface area contributed by atoms with Crippen molar-refractivity contribution in [3.8, 4) is 5.75 Å². The largest absolute Gasteiger partial charge is 0.494 e. The molecule has 1 aliphatic heterocycles. The summed E-state index contributed by atoms with van der Waals surface area (Å²) in [6.07, 6.45) is 2.45. The van der Waals surface area contributed by atoms with Gasteiger partial charge in [0.15, 0.2) is 5.17 Å². The Balaban J connectivity index is 1.67. The van der Waals surface area contributed by atoms with Crippen molar-refractivity contribution < 1.29 is 4.74 Å². The molecule has 5 heteroatoms. The van der Waals surface area contributed by atoms with Crippen LogP contribution >= 0.6 is 11.8 Å². The second-order valence-corrected chi connectivity index (χ2v) is 5.55. The molecule has 0 spiro atoms. The average molecular weight is 275 g/mol. The molecule has 1 fully saturated rings. The fourth-order valence-electron chi connectivity index (χ4n) is 1.81. The summed E-state index contributed by atoms with van der Waals surface area (Å²) in [5, 5.41) is 5.37. The molecule has 0 atom stereocenters. The van der Waals surface area contributed by atoms with Gasteiger partial charge in [0.05, 0.1) is 18.4 Å². The van der Waals surface area contributed by atoms with Gasteiger partial charge >= 0.3 is 0 Å². The van der Waals surface area contributed by atoms with E-state index in [0.717, 1.165) is 27.9 Å². The molecule has 1 saturated carbocycles.